The maximum Gasteiger partial charge on any atom is 0.407 e. The molecule has 3 amide bonds. The molecule has 0 saturated heterocycles. The number of carbonyl (C=O) groups is 3. The van der Waals surface area contributed by atoms with E-state index < -0.39 is 29.9 Å². The Bertz CT molecular complexity index is 625. The zero-order chi connectivity index (χ0) is 22.9. The molecule has 172 valence electrons. The van der Waals surface area contributed by atoms with E-state index in [1.807, 2.05) is 13.8 Å². The fourth-order valence-corrected chi connectivity index (χ4v) is 3.23. The van der Waals surface area contributed by atoms with Gasteiger partial charge in [-0.1, -0.05) is 13.8 Å². The van der Waals surface area contributed by atoms with Gasteiger partial charge < -0.3 is 30.2 Å². The lowest BCUT2D eigenvalue weighted by atomic mass is 9.87. The Morgan fingerprint density at radius 1 is 1.17 bits per heavy atom. The van der Waals surface area contributed by atoms with E-state index in [1.54, 1.807) is 26.8 Å². The molecule has 0 aromatic rings. The maximum absolute atomic E-state index is 12.6. The molecule has 0 fully saturated rings. The van der Waals surface area contributed by atoms with E-state index in [9.17, 15) is 14.4 Å². The Balaban J connectivity index is 3.20. The summed E-state index contributed by atoms with van der Waals surface area (Å²) in [5.41, 5.74) is -0.229. The quantitative estimate of drug-likeness (QED) is 0.485. The first-order valence-electron chi connectivity index (χ1n) is 10.4. The highest BCUT2D eigenvalue weighted by molar-refractivity contribution is 5.94. The van der Waals surface area contributed by atoms with Crippen LogP contribution in [0.15, 0.2) is 11.6 Å². The molecule has 0 unspecified atom stereocenters. The first-order chi connectivity index (χ1) is 14.0. The summed E-state index contributed by atoms with van der Waals surface area (Å²) in [5.74, 6) is -0.568. The lowest BCUT2D eigenvalue weighted by Gasteiger charge is -2.39. The van der Waals surface area contributed by atoms with E-state index in [-0.39, 0.29) is 31.1 Å². The van der Waals surface area contributed by atoms with Crippen molar-refractivity contribution in [1.29, 1.82) is 0 Å². The third kappa shape index (κ3) is 8.71. The molecule has 0 bridgehead atoms. The van der Waals surface area contributed by atoms with Gasteiger partial charge in [0.1, 0.15) is 12.3 Å². The van der Waals surface area contributed by atoms with E-state index in [0.29, 0.717) is 5.57 Å². The number of amides is 3. The van der Waals surface area contributed by atoms with Crippen LogP contribution in [0.2, 0.25) is 0 Å². The fraction of sp³-hybridized carbons (Fsp3) is 0.762. The molecule has 0 aromatic carbocycles. The largest absolute Gasteiger partial charge is 0.444 e. The summed E-state index contributed by atoms with van der Waals surface area (Å²) < 4.78 is 16.5. The number of carbonyl (C=O) groups excluding carboxylic acids is 3. The fourth-order valence-electron chi connectivity index (χ4n) is 3.23. The van der Waals surface area contributed by atoms with Gasteiger partial charge >= 0.3 is 6.09 Å². The SMILES string of the molecule is CCC(CC)O[C@@H]1C=C(C(=O)NCOC)C[C@H](NC(=O)OC(C)(C)C)[C@H]1NC(C)=O. The van der Waals surface area contributed by atoms with Gasteiger partial charge in [0, 0.05) is 26.0 Å². The van der Waals surface area contributed by atoms with Crippen LogP contribution >= 0.6 is 0 Å². The molecule has 0 aromatic heterocycles. The van der Waals surface area contributed by atoms with Crippen LogP contribution in [0.5, 0.6) is 0 Å². The third-order valence-electron chi connectivity index (χ3n) is 4.59. The minimum absolute atomic E-state index is 0.0499. The zero-order valence-corrected chi connectivity index (χ0v) is 19.2. The summed E-state index contributed by atoms with van der Waals surface area (Å²) in [7, 11) is 1.48. The van der Waals surface area contributed by atoms with Crippen molar-refractivity contribution in [3.63, 3.8) is 0 Å². The van der Waals surface area contributed by atoms with Gasteiger partial charge in [-0.15, -0.1) is 0 Å². The zero-order valence-electron chi connectivity index (χ0n) is 19.2. The Kier molecular flexibility index (Phi) is 10.3. The molecule has 0 spiro atoms. The first-order valence-corrected chi connectivity index (χ1v) is 10.4. The van der Waals surface area contributed by atoms with Crippen molar-refractivity contribution < 1.29 is 28.6 Å². The molecule has 0 heterocycles. The van der Waals surface area contributed by atoms with Gasteiger partial charge in [0.15, 0.2) is 0 Å². The second-order valence-electron chi connectivity index (χ2n) is 8.35. The number of nitrogens with one attached hydrogen (secondary N) is 3. The molecule has 9 nitrogen and oxygen atoms in total. The van der Waals surface area contributed by atoms with Crippen molar-refractivity contribution in [1.82, 2.24) is 16.0 Å². The highest BCUT2D eigenvalue weighted by atomic mass is 16.6. The summed E-state index contributed by atoms with van der Waals surface area (Å²) in [6.07, 6.45) is 2.23. The summed E-state index contributed by atoms with van der Waals surface area (Å²) in [6.45, 7) is 10.8. The summed E-state index contributed by atoms with van der Waals surface area (Å²) in [5, 5.41) is 8.33. The van der Waals surface area contributed by atoms with Crippen LogP contribution in [-0.2, 0) is 23.8 Å². The minimum atomic E-state index is -0.678. The van der Waals surface area contributed by atoms with Crippen LogP contribution < -0.4 is 16.0 Å². The molecule has 0 saturated carbocycles. The molecular weight excluding hydrogens is 390 g/mol. The summed E-state index contributed by atoms with van der Waals surface area (Å²) in [6, 6.07) is -1.13. The van der Waals surface area contributed by atoms with Crippen LogP contribution in [0, 0.1) is 0 Å². The molecular formula is C21H37N3O6. The van der Waals surface area contributed by atoms with E-state index in [4.69, 9.17) is 14.2 Å². The number of methoxy groups -OCH3 is 1. The number of alkyl carbamates (subject to hydrolysis) is 1. The average Bonchev–Trinajstić information content (AvgIpc) is 2.64. The van der Waals surface area contributed by atoms with Crippen LogP contribution in [0.1, 0.15) is 60.8 Å². The first kappa shape index (κ1) is 25.9. The smallest absolute Gasteiger partial charge is 0.407 e. The Morgan fingerprint density at radius 2 is 1.80 bits per heavy atom. The van der Waals surface area contributed by atoms with Crippen LogP contribution in [-0.4, -0.2) is 61.6 Å². The molecule has 0 radical (unpaired) electrons. The topological polar surface area (TPSA) is 115 Å². The Labute approximate surface area is 179 Å². The van der Waals surface area contributed by atoms with Crippen molar-refractivity contribution in [2.75, 3.05) is 13.8 Å². The summed E-state index contributed by atoms with van der Waals surface area (Å²) in [4.78, 5) is 36.9. The monoisotopic (exact) mass is 427 g/mol. The molecule has 3 atom stereocenters. The van der Waals surface area contributed by atoms with Gasteiger partial charge in [-0.05, 0) is 39.7 Å². The summed E-state index contributed by atoms with van der Waals surface area (Å²) >= 11 is 0. The highest BCUT2D eigenvalue weighted by Crippen LogP contribution is 2.25. The van der Waals surface area contributed by atoms with Gasteiger partial charge in [-0.25, -0.2) is 4.79 Å². The standard InChI is InChI=1S/C21H37N3O6/c1-8-15(9-2)29-17-11-14(19(26)22-12-28-7)10-16(18(17)23-13(3)25)24-20(27)30-21(4,5)6/h11,15-18H,8-10,12H2,1-7H3,(H,22,26)(H,23,25)(H,24,27)/t16-,17+,18+/m0/s1. The molecule has 0 aliphatic heterocycles. The second-order valence-corrected chi connectivity index (χ2v) is 8.35. The molecule has 1 rings (SSSR count). The van der Waals surface area contributed by atoms with E-state index in [2.05, 4.69) is 16.0 Å². The van der Waals surface area contributed by atoms with Crippen LogP contribution in [0.4, 0.5) is 4.79 Å². The van der Waals surface area contributed by atoms with Crippen LogP contribution in [0.3, 0.4) is 0 Å². The predicted octanol–water partition coefficient (Wildman–Crippen LogP) is 2.01. The third-order valence-corrected chi connectivity index (χ3v) is 4.59. The van der Waals surface area contributed by atoms with Crippen molar-refractivity contribution in [3.05, 3.63) is 11.6 Å². The van der Waals surface area contributed by atoms with Crippen molar-refractivity contribution in [3.8, 4) is 0 Å². The van der Waals surface area contributed by atoms with E-state index >= 15 is 0 Å². The lowest BCUT2D eigenvalue weighted by Crippen LogP contribution is -2.60. The minimum Gasteiger partial charge on any atom is -0.444 e. The Morgan fingerprint density at radius 3 is 2.30 bits per heavy atom. The van der Waals surface area contributed by atoms with Gasteiger partial charge in [0.2, 0.25) is 11.8 Å². The second kappa shape index (κ2) is 11.9. The Hall–Kier alpha value is -2.13. The number of rotatable bonds is 9. The van der Waals surface area contributed by atoms with Crippen molar-refractivity contribution in [2.24, 2.45) is 0 Å². The molecule has 1 aliphatic rings. The molecule has 1 aliphatic carbocycles. The van der Waals surface area contributed by atoms with Gasteiger partial charge in [0.25, 0.3) is 0 Å². The van der Waals surface area contributed by atoms with Gasteiger partial charge in [-0.3, -0.25) is 9.59 Å². The van der Waals surface area contributed by atoms with Crippen molar-refractivity contribution in [2.45, 2.75) is 90.7 Å². The number of hydrogen-bond donors (Lipinski definition) is 3. The maximum atomic E-state index is 12.6. The number of ether oxygens (including phenoxy) is 3. The van der Waals surface area contributed by atoms with Crippen molar-refractivity contribution >= 4 is 17.9 Å². The lowest BCUT2D eigenvalue weighted by molar-refractivity contribution is -0.121. The van der Waals surface area contributed by atoms with E-state index in [0.717, 1.165) is 12.8 Å². The average molecular weight is 428 g/mol. The normalized spacial score (nSPS) is 21.6. The number of hydrogen-bond acceptors (Lipinski definition) is 6. The highest BCUT2D eigenvalue weighted by Gasteiger charge is 2.38. The van der Waals surface area contributed by atoms with Gasteiger partial charge in [0.05, 0.1) is 24.3 Å². The van der Waals surface area contributed by atoms with Gasteiger partial charge in [-0.2, -0.15) is 0 Å². The predicted molar refractivity (Wildman–Crippen MR) is 113 cm³/mol. The molecule has 9 heteroatoms. The molecule has 30 heavy (non-hydrogen) atoms. The van der Waals surface area contributed by atoms with E-state index in [1.165, 1.54) is 14.0 Å². The molecule has 3 N–H and O–H groups in total. The van der Waals surface area contributed by atoms with Crippen LogP contribution in [0.25, 0.3) is 0 Å².